The van der Waals surface area contributed by atoms with E-state index in [-0.39, 0.29) is 5.91 Å². The van der Waals surface area contributed by atoms with Gasteiger partial charge in [0, 0.05) is 18.0 Å². The molecule has 25 heavy (non-hydrogen) atoms. The van der Waals surface area contributed by atoms with Gasteiger partial charge in [0.2, 0.25) is 5.91 Å². The first-order valence-electron chi connectivity index (χ1n) is 8.06. The highest BCUT2D eigenvalue weighted by molar-refractivity contribution is 5.97. The van der Waals surface area contributed by atoms with E-state index in [1.54, 1.807) is 31.3 Å². The molecule has 0 radical (unpaired) electrons. The minimum atomic E-state index is -0.795. The van der Waals surface area contributed by atoms with E-state index in [0.29, 0.717) is 36.3 Å². The number of nitrogens with one attached hydrogen (secondary N) is 1. The third kappa shape index (κ3) is 5.04. The van der Waals surface area contributed by atoms with Gasteiger partial charge in [0.05, 0.1) is 7.11 Å². The van der Waals surface area contributed by atoms with Crippen molar-refractivity contribution in [2.45, 2.75) is 32.2 Å². The first-order valence-corrected chi connectivity index (χ1v) is 8.06. The molecule has 6 heteroatoms. The summed E-state index contributed by atoms with van der Waals surface area (Å²) in [5.41, 5.74) is 1.55. The molecule has 2 rings (SSSR count). The monoisotopic (exact) mass is 342 g/mol. The van der Waals surface area contributed by atoms with Gasteiger partial charge >= 0.3 is 5.97 Å². The van der Waals surface area contributed by atoms with E-state index in [0.717, 1.165) is 5.56 Å². The van der Waals surface area contributed by atoms with Crippen molar-refractivity contribution in [1.82, 2.24) is 5.32 Å². The number of rotatable bonds is 7. The van der Waals surface area contributed by atoms with Crippen LogP contribution in [0.5, 0.6) is 11.5 Å². The third-order valence-electron chi connectivity index (χ3n) is 3.69. The molecule has 1 aliphatic heterocycles. The Morgan fingerprint density at radius 1 is 1.40 bits per heavy atom. The fourth-order valence-electron chi connectivity index (χ4n) is 2.31. The number of hydrogen-bond acceptors (Lipinski definition) is 5. The maximum Gasteiger partial charge on any atom is 0.333 e. The molecule has 1 aromatic carbocycles. The fourth-order valence-corrected chi connectivity index (χ4v) is 2.31. The van der Waals surface area contributed by atoms with Crippen LogP contribution in [0.1, 0.15) is 25.3 Å². The van der Waals surface area contributed by atoms with Crippen molar-refractivity contribution in [2.24, 2.45) is 4.99 Å². The van der Waals surface area contributed by atoms with E-state index < -0.39 is 12.0 Å². The number of aliphatic imine (C=N–C) groups is 1. The van der Waals surface area contributed by atoms with E-state index in [4.69, 9.17) is 9.47 Å². The molecule has 0 bridgehead atoms. The summed E-state index contributed by atoms with van der Waals surface area (Å²) in [6.45, 7) is 5.27. The number of benzene rings is 1. The minimum Gasteiger partial charge on any atom is -0.493 e. The molecule has 6 nitrogen and oxygen atoms in total. The first-order chi connectivity index (χ1) is 12.0. The van der Waals surface area contributed by atoms with Crippen molar-refractivity contribution in [3.63, 3.8) is 0 Å². The highest BCUT2D eigenvalue weighted by Crippen LogP contribution is 2.28. The number of amides is 1. The molecule has 0 fully saturated rings. The summed E-state index contributed by atoms with van der Waals surface area (Å²) >= 11 is 0. The van der Waals surface area contributed by atoms with Crippen molar-refractivity contribution in [2.75, 3.05) is 7.11 Å². The highest BCUT2D eigenvalue weighted by Gasteiger charge is 2.21. The van der Waals surface area contributed by atoms with Crippen LogP contribution in [-0.4, -0.2) is 31.2 Å². The third-order valence-corrected chi connectivity index (χ3v) is 3.69. The molecule has 1 N–H and O–H groups in total. The molecular formula is C19H22N2O4. The largest absolute Gasteiger partial charge is 0.493 e. The molecule has 0 saturated heterocycles. The SMILES string of the molecule is C=CCc1ccc(OC(=O)C(C)NC(=O)C2=CN=CCC2)c(OC)c1. The Kier molecular flexibility index (Phi) is 6.51. The number of methoxy groups -OCH3 is 1. The van der Waals surface area contributed by atoms with Crippen LogP contribution < -0.4 is 14.8 Å². The smallest absolute Gasteiger partial charge is 0.333 e. The van der Waals surface area contributed by atoms with Gasteiger partial charge in [-0.3, -0.25) is 9.79 Å². The van der Waals surface area contributed by atoms with Crippen molar-refractivity contribution < 1.29 is 19.1 Å². The van der Waals surface area contributed by atoms with Gasteiger partial charge in [-0.05, 0) is 43.9 Å². The summed E-state index contributed by atoms with van der Waals surface area (Å²) in [7, 11) is 1.51. The van der Waals surface area contributed by atoms with Crippen LogP contribution in [0.25, 0.3) is 0 Å². The van der Waals surface area contributed by atoms with Crippen molar-refractivity contribution in [1.29, 1.82) is 0 Å². The lowest BCUT2D eigenvalue weighted by Gasteiger charge is -2.16. The standard InChI is InChI=1S/C19H22N2O4/c1-4-6-14-8-9-16(17(11-14)24-3)25-19(23)13(2)21-18(22)15-7-5-10-20-12-15/h4,8-13H,1,5-7H2,2-3H3,(H,21,22). The topological polar surface area (TPSA) is 77.0 Å². The van der Waals surface area contributed by atoms with Gasteiger partial charge in [-0.15, -0.1) is 6.58 Å². The second kappa shape index (κ2) is 8.82. The Balaban J connectivity index is 2.00. The first kappa shape index (κ1) is 18.4. The zero-order chi connectivity index (χ0) is 18.2. The number of esters is 1. The van der Waals surface area contributed by atoms with Crippen LogP contribution in [0.15, 0.2) is 47.6 Å². The molecule has 0 saturated carbocycles. The van der Waals surface area contributed by atoms with Crippen molar-refractivity contribution in [3.05, 3.63) is 48.2 Å². The predicted molar refractivity (Wildman–Crippen MR) is 95.9 cm³/mol. The molecule has 1 heterocycles. The van der Waals surface area contributed by atoms with E-state index in [9.17, 15) is 9.59 Å². The van der Waals surface area contributed by atoms with Crippen molar-refractivity contribution >= 4 is 18.1 Å². The number of nitrogens with zero attached hydrogens (tertiary/aromatic N) is 1. The molecule has 1 aromatic rings. The molecule has 132 valence electrons. The molecule has 1 aliphatic rings. The molecule has 0 spiro atoms. The average Bonchev–Trinajstić information content (AvgIpc) is 2.63. The fraction of sp³-hybridized carbons (Fsp3) is 0.316. The summed E-state index contributed by atoms with van der Waals surface area (Å²) in [6.07, 6.45) is 7.05. The van der Waals surface area contributed by atoms with Crippen LogP contribution in [0.2, 0.25) is 0 Å². The van der Waals surface area contributed by atoms with E-state index in [1.165, 1.54) is 13.3 Å². The lowest BCUT2D eigenvalue weighted by Crippen LogP contribution is -2.41. The Bertz CT molecular complexity index is 722. The normalized spacial score (nSPS) is 14.2. The summed E-state index contributed by atoms with van der Waals surface area (Å²) in [4.78, 5) is 28.3. The van der Waals surface area contributed by atoms with Gasteiger partial charge in [0.15, 0.2) is 11.5 Å². The van der Waals surface area contributed by atoms with Crippen LogP contribution >= 0.6 is 0 Å². The maximum atomic E-state index is 12.3. The predicted octanol–water partition coefficient (Wildman–Crippen LogP) is 2.58. The molecule has 0 aliphatic carbocycles. The zero-order valence-corrected chi connectivity index (χ0v) is 14.5. The number of ether oxygens (including phenoxy) is 2. The molecule has 1 atom stereocenters. The van der Waals surface area contributed by atoms with Gasteiger partial charge in [0.25, 0.3) is 0 Å². The van der Waals surface area contributed by atoms with Crippen LogP contribution in [0.4, 0.5) is 0 Å². The van der Waals surface area contributed by atoms with Crippen molar-refractivity contribution in [3.8, 4) is 11.5 Å². The number of allylic oxidation sites excluding steroid dienone is 1. The number of hydrogen-bond donors (Lipinski definition) is 1. The van der Waals surface area contributed by atoms with Crippen LogP contribution in [0, 0.1) is 0 Å². The Labute approximate surface area is 147 Å². The van der Waals surface area contributed by atoms with Crippen LogP contribution in [-0.2, 0) is 16.0 Å². The summed E-state index contributed by atoms with van der Waals surface area (Å²) in [6, 6.07) is 4.50. The quantitative estimate of drug-likeness (QED) is 0.469. The highest BCUT2D eigenvalue weighted by atomic mass is 16.6. The second-order valence-electron chi connectivity index (χ2n) is 5.62. The lowest BCUT2D eigenvalue weighted by atomic mass is 10.1. The average molecular weight is 342 g/mol. The Morgan fingerprint density at radius 3 is 2.84 bits per heavy atom. The summed E-state index contributed by atoms with van der Waals surface area (Å²) < 4.78 is 10.6. The van der Waals surface area contributed by atoms with Crippen LogP contribution in [0.3, 0.4) is 0 Å². The number of carbonyl (C=O) groups is 2. The number of carbonyl (C=O) groups excluding carboxylic acids is 2. The zero-order valence-electron chi connectivity index (χ0n) is 14.5. The Morgan fingerprint density at radius 2 is 2.20 bits per heavy atom. The summed E-state index contributed by atoms with van der Waals surface area (Å²) in [5.74, 6) is -0.115. The molecule has 1 unspecified atom stereocenters. The van der Waals surface area contributed by atoms with E-state index >= 15 is 0 Å². The molecule has 1 amide bonds. The second-order valence-corrected chi connectivity index (χ2v) is 5.62. The molecule has 0 aromatic heterocycles. The lowest BCUT2D eigenvalue weighted by molar-refractivity contribution is -0.138. The maximum absolute atomic E-state index is 12.3. The van der Waals surface area contributed by atoms with E-state index in [1.807, 2.05) is 6.07 Å². The Hall–Kier alpha value is -2.89. The van der Waals surface area contributed by atoms with E-state index in [2.05, 4.69) is 16.9 Å². The van der Waals surface area contributed by atoms with Gasteiger partial charge < -0.3 is 14.8 Å². The van der Waals surface area contributed by atoms with Gasteiger partial charge in [-0.25, -0.2) is 4.79 Å². The van der Waals surface area contributed by atoms with Gasteiger partial charge in [-0.1, -0.05) is 12.1 Å². The molecular weight excluding hydrogens is 320 g/mol. The minimum absolute atomic E-state index is 0.308. The van der Waals surface area contributed by atoms with Gasteiger partial charge in [-0.2, -0.15) is 0 Å². The summed E-state index contributed by atoms with van der Waals surface area (Å²) in [5, 5.41) is 2.63. The van der Waals surface area contributed by atoms with Gasteiger partial charge in [0.1, 0.15) is 6.04 Å².